The summed E-state index contributed by atoms with van der Waals surface area (Å²) in [5, 5.41) is 0. The molecule has 3 rings (SSSR count). The van der Waals surface area contributed by atoms with E-state index in [-0.39, 0.29) is 11.9 Å². The summed E-state index contributed by atoms with van der Waals surface area (Å²) in [5.41, 5.74) is 1.95. The van der Waals surface area contributed by atoms with Crippen molar-refractivity contribution in [3.63, 3.8) is 0 Å². The predicted octanol–water partition coefficient (Wildman–Crippen LogP) is 4.14. The van der Waals surface area contributed by atoms with E-state index in [1.165, 1.54) is 0 Å². The van der Waals surface area contributed by atoms with Crippen LogP contribution >= 0.6 is 0 Å². The SMILES string of the molecule is [2H]C([2H])(Cc1ccccc1)N1CCC(N(C(=O)CC)c2ccccc2)CC1. The normalized spacial score (nSPS) is 17.6. The van der Waals surface area contributed by atoms with Crippen LogP contribution in [0.4, 0.5) is 5.69 Å². The minimum absolute atomic E-state index is 0.128. The number of benzene rings is 2. The van der Waals surface area contributed by atoms with Gasteiger partial charge in [-0.15, -0.1) is 0 Å². The maximum absolute atomic E-state index is 12.6. The minimum Gasteiger partial charge on any atom is -0.309 e. The third kappa shape index (κ3) is 4.70. The van der Waals surface area contributed by atoms with E-state index in [1.54, 1.807) is 0 Å². The molecule has 2 aromatic rings. The molecule has 132 valence electrons. The van der Waals surface area contributed by atoms with E-state index >= 15 is 0 Å². The number of hydrogen-bond acceptors (Lipinski definition) is 2. The zero-order valence-electron chi connectivity index (χ0n) is 16.9. The lowest BCUT2D eigenvalue weighted by Gasteiger charge is -2.38. The van der Waals surface area contributed by atoms with Gasteiger partial charge < -0.3 is 9.80 Å². The number of nitrogens with zero attached hydrogens (tertiary/aromatic N) is 2. The Morgan fingerprint density at radius 3 is 2.28 bits per heavy atom. The lowest BCUT2D eigenvalue weighted by atomic mass is 10.0. The molecule has 25 heavy (non-hydrogen) atoms. The van der Waals surface area contributed by atoms with Crippen LogP contribution in [0.5, 0.6) is 0 Å². The molecule has 0 spiro atoms. The van der Waals surface area contributed by atoms with Crippen LogP contribution in [0.1, 0.15) is 34.5 Å². The zero-order chi connectivity index (χ0) is 19.3. The fourth-order valence-electron chi connectivity index (χ4n) is 3.40. The highest BCUT2D eigenvalue weighted by molar-refractivity contribution is 5.93. The molecular weight excluding hydrogens is 308 g/mol. The van der Waals surface area contributed by atoms with Gasteiger partial charge in [0.2, 0.25) is 5.91 Å². The first-order valence-electron chi connectivity index (χ1n) is 10.2. The van der Waals surface area contributed by atoms with Crippen molar-refractivity contribution < 1.29 is 7.54 Å². The van der Waals surface area contributed by atoms with Crippen molar-refractivity contribution in [2.45, 2.75) is 38.6 Å². The molecule has 0 N–H and O–H groups in total. The van der Waals surface area contributed by atoms with Gasteiger partial charge in [-0.2, -0.15) is 0 Å². The molecule has 2 aromatic carbocycles. The molecule has 1 aliphatic heterocycles. The Bertz CT molecular complexity index is 728. The molecule has 1 saturated heterocycles. The lowest BCUT2D eigenvalue weighted by molar-refractivity contribution is -0.119. The summed E-state index contributed by atoms with van der Waals surface area (Å²) < 4.78 is 17.1. The van der Waals surface area contributed by atoms with Crippen molar-refractivity contribution >= 4 is 11.6 Å². The van der Waals surface area contributed by atoms with Gasteiger partial charge >= 0.3 is 0 Å². The van der Waals surface area contributed by atoms with E-state index < -0.39 is 6.50 Å². The second-order valence-corrected chi connectivity index (χ2v) is 6.49. The Hall–Kier alpha value is -2.13. The maximum Gasteiger partial charge on any atom is 0.226 e. The Balaban J connectivity index is 1.67. The number of carbonyl (C=O) groups excluding carboxylic acids is 1. The monoisotopic (exact) mass is 338 g/mol. The summed E-state index contributed by atoms with van der Waals surface area (Å²) in [5.74, 6) is 0.131. The maximum atomic E-state index is 12.6. The average molecular weight is 338 g/mol. The zero-order valence-corrected chi connectivity index (χ0v) is 14.9. The molecular formula is C22H28N2O. The van der Waals surface area contributed by atoms with Gasteiger partial charge in [-0.25, -0.2) is 0 Å². The van der Waals surface area contributed by atoms with Crippen LogP contribution in [-0.2, 0) is 11.2 Å². The third-order valence-electron chi connectivity index (χ3n) is 4.78. The predicted molar refractivity (Wildman–Crippen MR) is 104 cm³/mol. The molecule has 1 aliphatic rings. The van der Waals surface area contributed by atoms with Gasteiger partial charge in [0.25, 0.3) is 0 Å². The minimum atomic E-state index is -1.38. The van der Waals surface area contributed by atoms with Gasteiger partial charge in [-0.1, -0.05) is 55.5 Å². The fourth-order valence-corrected chi connectivity index (χ4v) is 3.40. The van der Waals surface area contributed by atoms with Crippen LogP contribution in [0.2, 0.25) is 0 Å². The number of piperidine rings is 1. The van der Waals surface area contributed by atoms with E-state index in [9.17, 15) is 4.79 Å². The highest BCUT2D eigenvalue weighted by Crippen LogP contribution is 2.24. The number of anilines is 1. The molecule has 0 saturated carbocycles. The Labute approximate surface area is 154 Å². The molecule has 0 radical (unpaired) electrons. The quantitative estimate of drug-likeness (QED) is 0.790. The van der Waals surface area contributed by atoms with Crippen molar-refractivity contribution in [1.82, 2.24) is 4.90 Å². The van der Waals surface area contributed by atoms with Gasteiger partial charge in [0.05, 0.1) is 0 Å². The first kappa shape index (κ1) is 15.2. The molecule has 0 atom stereocenters. The summed E-state index contributed by atoms with van der Waals surface area (Å²) in [4.78, 5) is 16.4. The van der Waals surface area contributed by atoms with E-state index in [0.29, 0.717) is 25.9 Å². The number of aryl methyl sites for hydroxylation is 1. The van der Waals surface area contributed by atoms with Crippen LogP contribution in [0, 0.1) is 0 Å². The first-order valence-corrected chi connectivity index (χ1v) is 9.17. The van der Waals surface area contributed by atoms with Crippen LogP contribution in [0.15, 0.2) is 60.7 Å². The third-order valence-corrected chi connectivity index (χ3v) is 4.78. The van der Waals surface area contributed by atoms with Crippen LogP contribution in [0.3, 0.4) is 0 Å². The summed E-state index contributed by atoms with van der Waals surface area (Å²) in [6.45, 7) is 1.83. The summed E-state index contributed by atoms with van der Waals surface area (Å²) in [6, 6.07) is 19.8. The lowest BCUT2D eigenvalue weighted by Crippen LogP contribution is -2.47. The molecule has 0 unspecified atom stereocenters. The molecule has 1 fully saturated rings. The smallest absolute Gasteiger partial charge is 0.226 e. The summed E-state index contributed by atoms with van der Waals surface area (Å²) in [6.07, 6.45) is 2.43. The standard InChI is InChI=1S/C22H28N2O/c1-2-22(25)24(20-11-7-4-8-12-20)21-14-17-23(18-15-21)16-13-19-9-5-3-6-10-19/h3-12,21H,2,13-18H2,1H3/i16D2. The second kappa shape index (κ2) is 8.82. The highest BCUT2D eigenvalue weighted by Gasteiger charge is 2.28. The van der Waals surface area contributed by atoms with Gasteiger partial charge in [0, 0.05) is 40.5 Å². The molecule has 0 aromatic heterocycles. The second-order valence-electron chi connectivity index (χ2n) is 6.49. The van der Waals surface area contributed by atoms with E-state index in [2.05, 4.69) is 0 Å². The van der Waals surface area contributed by atoms with Crippen molar-refractivity contribution in [2.75, 3.05) is 24.5 Å². The Morgan fingerprint density at radius 2 is 1.68 bits per heavy atom. The Morgan fingerprint density at radius 1 is 1.08 bits per heavy atom. The van der Waals surface area contributed by atoms with E-state index in [4.69, 9.17) is 2.74 Å². The van der Waals surface area contributed by atoms with Gasteiger partial charge in [-0.3, -0.25) is 4.79 Å². The Kier molecular flexibility index (Phi) is 5.34. The number of para-hydroxylation sites is 1. The average Bonchev–Trinajstić information content (AvgIpc) is 2.70. The van der Waals surface area contributed by atoms with Crippen LogP contribution in [0.25, 0.3) is 0 Å². The van der Waals surface area contributed by atoms with E-state index in [1.807, 2.05) is 77.4 Å². The number of amides is 1. The molecule has 1 amide bonds. The number of likely N-dealkylation sites (tertiary alicyclic amines) is 1. The largest absolute Gasteiger partial charge is 0.309 e. The molecule has 0 bridgehead atoms. The van der Waals surface area contributed by atoms with E-state index in [0.717, 1.165) is 24.1 Å². The van der Waals surface area contributed by atoms with Crippen molar-refractivity contribution in [3.05, 3.63) is 66.2 Å². The topological polar surface area (TPSA) is 23.6 Å². The number of hydrogen-bond donors (Lipinski definition) is 0. The number of carbonyl (C=O) groups is 1. The van der Waals surface area contributed by atoms with Crippen LogP contribution in [-0.4, -0.2) is 36.4 Å². The molecule has 1 heterocycles. The van der Waals surface area contributed by atoms with Gasteiger partial charge in [0.15, 0.2) is 0 Å². The first-order chi connectivity index (χ1) is 13.0. The van der Waals surface area contributed by atoms with Gasteiger partial charge in [-0.05, 0) is 37.0 Å². The summed E-state index contributed by atoms with van der Waals surface area (Å²) >= 11 is 0. The van der Waals surface area contributed by atoms with Gasteiger partial charge in [0.1, 0.15) is 0 Å². The van der Waals surface area contributed by atoms with Crippen molar-refractivity contribution in [3.8, 4) is 0 Å². The van der Waals surface area contributed by atoms with Crippen molar-refractivity contribution in [1.29, 1.82) is 0 Å². The molecule has 3 nitrogen and oxygen atoms in total. The number of rotatable bonds is 6. The fraction of sp³-hybridized carbons (Fsp3) is 0.409. The van der Waals surface area contributed by atoms with Crippen LogP contribution < -0.4 is 4.90 Å². The molecule has 0 aliphatic carbocycles. The van der Waals surface area contributed by atoms with Crippen molar-refractivity contribution in [2.24, 2.45) is 0 Å². The molecule has 3 heteroatoms. The highest BCUT2D eigenvalue weighted by atomic mass is 16.2. The summed E-state index contributed by atoms with van der Waals surface area (Å²) in [7, 11) is 0.